The molecule has 0 aliphatic carbocycles. The van der Waals surface area contributed by atoms with Crippen LogP contribution in [0.2, 0.25) is 0 Å². The lowest BCUT2D eigenvalue weighted by Crippen LogP contribution is -2.38. The number of aliphatic hydroxyl groups is 1. The van der Waals surface area contributed by atoms with E-state index in [9.17, 15) is 18.7 Å². The fourth-order valence-electron chi connectivity index (χ4n) is 5.87. The fourth-order valence-corrected chi connectivity index (χ4v) is 5.87. The van der Waals surface area contributed by atoms with Crippen molar-refractivity contribution < 1.29 is 23.4 Å². The SMILES string of the molecule is CCc1c(C)c2c3c(C(O)(F)F)cc(=O)[nH]c3ccc2n1CCCCCCCCCOCCN1CCOCC1. The molecule has 1 fully saturated rings. The van der Waals surface area contributed by atoms with Crippen molar-refractivity contribution >= 4 is 21.8 Å². The van der Waals surface area contributed by atoms with Crippen LogP contribution in [0.25, 0.3) is 21.8 Å². The molecular formula is C30H43F2N3O4. The van der Waals surface area contributed by atoms with Crippen molar-refractivity contribution in [2.75, 3.05) is 46.1 Å². The quantitative estimate of drug-likeness (QED) is 0.247. The number of fused-ring (bicyclic) bond motifs is 3. The minimum Gasteiger partial charge on any atom is -0.380 e. The lowest BCUT2D eigenvalue weighted by molar-refractivity contribution is -0.207. The van der Waals surface area contributed by atoms with Crippen molar-refractivity contribution in [1.82, 2.24) is 14.5 Å². The summed E-state index contributed by atoms with van der Waals surface area (Å²) in [4.78, 5) is 17.0. The Labute approximate surface area is 229 Å². The van der Waals surface area contributed by atoms with Crippen molar-refractivity contribution in [2.24, 2.45) is 0 Å². The molecule has 0 spiro atoms. The Morgan fingerprint density at radius 3 is 2.38 bits per heavy atom. The lowest BCUT2D eigenvalue weighted by atomic mass is 10.0. The van der Waals surface area contributed by atoms with Gasteiger partial charge in [0.05, 0.1) is 25.4 Å². The molecule has 0 bridgehead atoms. The highest BCUT2D eigenvalue weighted by atomic mass is 19.3. The zero-order chi connectivity index (χ0) is 27.8. The first-order valence-corrected chi connectivity index (χ1v) is 14.5. The molecule has 1 saturated heterocycles. The maximum Gasteiger partial charge on any atom is 0.381 e. The molecule has 0 atom stereocenters. The van der Waals surface area contributed by atoms with E-state index < -0.39 is 17.2 Å². The zero-order valence-corrected chi connectivity index (χ0v) is 23.4. The van der Waals surface area contributed by atoms with Crippen LogP contribution in [0.1, 0.15) is 68.7 Å². The molecule has 2 N–H and O–H groups in total. The average molecular weight is 548 g/mol. The van der Waals surface area contributed by atoms with Crippen LogP contribution in [0.5, 0.6) is 0 Å². The van der Waals surface area contributed by atoms with Gasteiger partial charge in [-0.3, -0.25) is 9.69 Å². The Hall–Kier alpha value is -2.33. The topological polar surface area (TPSA) is 79.7 Å². The third-order valence-corrected chi connectivity index (χ3v) is 7.90. The first-order chi connectivity index (χ1) is 18.8. The molecule has 3 heterocycles. The number of hydrogen-bond donors (Lipinski definition) is 2. The molecule has 2 aromatic heterocycles. The molecular weight excluding hydrogens is 504 g/mol. The van der Waals surface area contributed by atoms with Gasteiger partial charge < -0.3 is 24.1 Å². The third-order valence-electron chi connectivity index (χ3n) is 7.90. The normalized spacial score (nSPS) is 15.1. The number of unbranched alkanes of at least 4 members (excludes halogenated alkanes) is 6. The first-order valence-electron chi connectivity index (χ1n) is 14.5. The number of aromatic amines is 1. The highest BCUT2D eigenvalue weighted by Crippen LogP contribution is 2.38. The van der Waals surface area contributed by atoms with E-state index in [2.05, 4.69) is 21.4 Å². The van der Waals surface area contributed by atoms with Gasteiger partial charge >= 0.3 is 6.11 Å². The van der Waals surface area contributed by atoms with Gasteiger partial charge in [0.1, 0.15) is 0 Å². The van der Waals surface area contributed by atoms with Gasteiger partial charge in [0.15, 0.2) is 0 Å². The number of nitrogens with zero attached hydrogens (tertiary/aromatic N) is 2. The Kier molecular flexibility index (Phi) is 10.5. The Morgan fingerprint density at radius 1 is 1.00 bits per heavy atom. The summed E-state index contributed by atoms with van der Waals surface area (Å²) in [6, 6.07) is 4.36. The zero-order valence-electron chi connectivity index (χ0n) is 23.4. The molecule has 3 aromatic rings. The highest BCUT2D eigenvalue weighted by molar-refractivity contribution is 6.09. The number of halogens is 2. The summed E-state index contributed by atoms with van der Waals surface area (Å²) in [6.45, 7) is 11.1. The molecule has 1 aliphatic heterocycles. The average Bonchev–Trinajstić information content (AvgIpc) is 3.19. The number of rotatable bonds is 15. The number of ether oxygens (including phenoxy) is 2. The minimum atomic E-state index is -4.10. The highest BCUT2D eigenvalue weighted by Gasteiger charge is 2.32. The second-order valence-corrected chi connectivity index (χ2v) is 10.6. The molecule has 9 heteroatoms. The summed E-state index contributed by atoms with van der Waals surface area (Å²) in [5, 5.41) is 10.5. The number of morpholine rings is 1. The van der Waals surface area contributed by atoms with Crippen molar-refractivity contribution in [3.8, 4) is 0 Å². The number of aryl methyl sites for hydroxylation is 2. The van der Waals surface area contributed by atoms with E-state index in [1.165, 1.54) is 25.7 Å². The maximum absolute atomic E-state index is 14.1. The van der Waals surface area contributed by atoms with Gasteiger partial charge in [-0.2, -0.15) is 8.78 Å². The number of hydrogen-bond acceptors (Lipinski definition) is 5. The largest absolute Gasteiger partial charge is 0.381 e. The van der Waals surface area contributed by atoms with E-state index in [1.807, 2.05) is 13.0 Å². The predicted octanol–water partition coefficient (Wildman–Crippen LogP) is 5.47. The standard InChI is InChI=1S/C30H43F2N3O4/c1-3-25-22(2)28-26(12-11-24-29(28)23(30(31,32)37)21-27(36)33-24)35(25)13-9-7-5-4-6-8-10-17-38-18-14-34-15-19-39-20-16-34/h11-12,21,37H,3-10,13-20H2,1-2H3,(H,33,36). The summed E-state index contributed by atoms with van der Waals surface area (Å²) in [5.74, 6) is 0. The van der Waals surface area contributed by atoms with Gasteiger partial charge in [-0.25, -0.2) is 0 Å². The maximum atomic E-state index is 14.1. The Morgan fingerprint density at radius 2 is 1.69 bits per heavy atom. The van der Waals surface area contributed by atoms with Gasteiger partial charge in [-0.15, -0.1) is 0 Å². The lowest BCUT2D eigenvalue weighted by Gasteiger charge is -2.26. The smallest absolute Gasteiger partial charge is 0.380 e. The van der Waals surface area contributed by atoms with Crippen molar-refractivity contribution in [3.63, 3.8) is 0 Å². The number of aromatic nitrogens is 2. The Balaban J connectivity index is 1.25. The van der Waals surface area contributed by atoms with Crippen molar-refractivity contribution in [3.05, 3.63) is 45.4 Å². The predicted molar refractivity (Wildman–Crippen MR) is 151 cm³/mol. The van der Waals surface area contributed by atoms with Gasteiger partial charge in [0, 0.05) is 66.4 Å². The van der Waals surface area contributed by atoms with Crippen LogP contribution in [0.4, 0.5) is 8.78 Å². The number of alkyl halides is 2. The van der Waals surface area contributed by atoms with Gasteiger partial charge in [-0.1, -0.05) is 39.0 Å². The van der Waals surface area contributed by atoms with Crippen LogP contribution in [0, 0.1) is 6.92 Å². The summed E-state index contributed by atoms with van der Waals surface area (Å²) in [7, 11) is 0. The third kappa shape index (κ3) is 7.45. The molecule has 0 unspecified atom stereocenters. The van der Waals surface area contributed by atoms with Crippen molar-refractivity contribution in [1.29, 1.82) is 0 Å². The fraction of sp³-hybridized carbons (Fsp3) is 0.633. The van der Waals surface area contributed by atoms with Crippen LogP contribution in [-0.2, 0) is 28.5 Å². The summed E-state index contributed by atoms with van der Waals surface area (Å²) in [5.41, 5.74) is 1.89. The molecule has 1 aromatic carbocycles. The molecule has 0 radical (unpaired) electrons. The summed E-state index contributed by atoms with van der Waals surface area (Å²) in [6.07, 6.45) is 4.65. The number of nitrogens with one attached hydrogen (secondary N) is 1. The summed E-state index contributed by atoms with van der Waals surface area (Å²) >= 11 is 0. The Bertz CT molecular complexity index is 1280. The molecule has 1 aliphatic rings. The number of benzene rings is 1. The number of pyridine rings is 1. The monoisotopic (exact) mass is 547 g/mol. The second kappa shape index (κ2) is 13.8. The minimum absolute atomic E-state index is 0.218. The van der Waals surface area contributed by atoms with E-state index in [4.69, 9.17) is 9.47 Å². The van der Waals surface area contributed by atoms with Gasteiger partial charge in [0.25, 0.3) is 0 Å². The van der Waals surface area contributed by atoms with E-state index in [0.717, 1.165) is 101 Å². The molecule has 4 rings (SSSR count). The van der Waals surface area contributed by atoms with E-state index in [-0.39, 0.29) is 5.39 Å². The molecule has 39 heavy (non-hydrogen) atoms. The van der Waals surface area contributed by atoms with E-state index in [0.29, 0.717) is 10.9 Å². The second-order valence-electron chi connectivity index (χ2n) is 10.6. The van der Waals surface area contributed by atoms with E-state index in [1.54, 1.807) is 6.07 Å². The molecule has 0 amide bonds. The van der Waals surface area contributed by atoms with Gasteiger partial charge in [-0.05, 0) is 43.9 Å². The van der Waals surface area contributed by atoms with Crippen LogP contribution >= 0.6 is 0 Å². The first kappa shape index (κ1) is 29.6. The van der Waals surface area contributed by atoms with Gasteiger partial charge in [0.2, 0.25) is 5.56 Å². The summed E-state index contributed by atoms with van der Waals surface area (Å²) < 4.78 is 41.6. The van der Waals surface area contributed by atoms with E-state index >= 15 is 0 Å². The number of H-pyrrole nitrogens is 1. The molecule has 216 valence electrons. The van der Waals surface area contributed by atoms with Crippen LogP contribution in [-0.4, -0.2) is 65.6 Å². The molecule has 7 nitrogen and oxygen atoms in total. The van der Waals surface area contributed by atoms with Crippen LogP contribution in [0.15, 0.2) is 23.0 Å². The van der Waals surface area contributed by atoms with Crippen LogP contribution < -0.4 is 5.56 Å². The van der Waals surface area contributed by atoms with Crippen molar-refractivity contribution in [2.45, 2.75) is 77.9 Å². The molecule has 0 saturated carbocycles. The van der Waals surface area contributed by atoms with Crippen LogP contribution in [0.3, 0.4) is 0 Å².